The minimum Gasteiger partial charge on any atom is -0.354 e. The van der Waals surface area contributed by atoms with Gasteiger partial charge in [0.2, 0.25) is 5.91 Å². The number of ketones is 1. The van der Waals surface area contributed by atoms with Gasteiger partial charge in [0.25, 0.3) is 0 Å². The molecule has 0 bridgehead atoms. The van der Waals surface area contributed by atoms with Gasteiger partial charge in [-0.1, -0.05) is 13.8 Å². The first-order chi connectivity index (χ1) is 7.49. The second kappa shape index (κ2) is 5.99. The van der Waals surface area contributed by atoms with E-state index in [0.717, 1.165) is 25.9 Å². The molecule has 0 aromatic rings. The van der Waals surface area contributed by atoms with Gasteiger partial charge in [-0.05, 0) is 12.8 Å². The van der Waals surface area contributed by atoms with Gasteiger partial charge in [0.05, 0.1) is 6.54 Å². The number of Topliss-reactive ketones (excluding diaryl/α,β-unsaturated/α-hetero) is 1. The van der Waals surface area contributed by atoms with Crippen LogP contribution in [0.1, 0.15) is 33.6 Å². The zero-order valence-electron chi connectivity index (χ0n) is 10.5. The van der Waals surface area contributed by atoms with Crippen LogP contribution in [0.15, 0.2) is 0 Å². The van der Waals surface area contributed by atoms with Crippen LogP contribution in [0.2, 0.25) is 0 Å². The van der Waals surface area contributed by atoms with E-state index in [-0.39, 0.29) is 11.8 Å². The monoisotopic (exact) mass is 226 g/mol. The van der Waals surface area contributed by atoms with Crippen molar-refractivity contribution in [3.05, 3.63) is 0 Å². The Morgan fingerprint density at radius 1 is 1.31 bits per heavy atom. The van der Waals surface area contributed by atoms with Crippen molar-refractivity contribution in [3.8, 4) is 0 Å². The van der Waals surface area contributed by atoms with Crippen LogP contribution in [0.25, 0.3) is 0 Å². The Morgan fingerprint density at radius 3 is 2.31 bits per heavy atom. The molecule has 0 spiro atoms. The number of hydrogen-bond donors (Lipinski definition) is 1. The quantitative estimate of drug-likeness (QED) is 0.772. The zero-order chi connectivity index (χ0) is 12.1. The molecule has 1 aliphatic heterocycles. The number of amides is 1. The first-order valence-corrected chi connectivity index (χ1v) is 6.01. The Balaban J connectivity index is 2.27. The van der Waals surface area contributed by atoms with Gasteiger partial charge in [-0.15, -0.1) is 0 Å². The highest BCUT2D eigenvalue weighted by Gasteiger charge is 2.21. The molecule has 1 fully saturated rings. The fourth-order valence-electron chi connectivity index (χ4n) is 1.93. The summed E-state index contributed by atoms with van der Waals surface area (Å²) in [5, 5.41) is 2.93. The van der Waals surface area contributed by atoms with Crippen LogP contribution in [0.5, 0.6) is 0 Å². The van der Waals surface area contributed by atoms with Crippen molar-refractivity contribution in [1.29, 1.82) is 0 Å². The van der Waals surface area contributed by atoms with Crippen LogP contribution in [0, 0.1) is 5.92 Å². The maximum Gasteiger partial charge on any atom is 0.217 e. The van der Waals surface area contributed by atoms with E-state index < -0.39 is 0 Å². The van der Waals surface area contributed by atoms with Crippen molar-refractivity contribution >= 4 is 11.7 Å². The lowest BCUT2D eigenvalue weighted by molar-refractivity contribution is -0.124. The lowest BCUT2D eigenvalue weighted by Crippen LogP contribution is -2.45. The fraction of sp³-hybridized carbons (Fsp3) is 0.833. The van der Waals surface area contributed by atoms with E-state index >= 15 is 0 Å². The Labute approximate surface area is 97.4 Å². The summed E-state index contributed by atoms with van der Waals surface area (Å²) in [6, 6.07) is 0.294. The fourth-order valence-corrected chi connectivity index (χ4v) is 1.93. The average Bonchev–Trinajstić information content (AvgIpc) is 2.20. The molecule has 0 radical (unpaired) electrons. The molecule has 0 unspecified atom stereocenters. The van der Waals surface area contributed by atoms with E-state index in [1.54, 1.807) is 6.92 Å². The average molecular weight is 226 g/mol. The van der Waals surface area contributed by atoms with Gasteiger partial charge in [-0.2, -0.15) is 0 Å². The van der Waals surface area contributed by atoms with E-state index in [1.807, 2.05) is 13.8 Å². The summed E-state index contributed by atoms with van der Waals surface area (Å²) < 4.78 is 0. The Bertz CT molecular complexity index is 256. The minimum atomic E-state index is 0.0386. The number of hydrogen-bond acceptors (Lipinski definition) is 3. The number of piperidine rings is 1. The van der Waals surface area contributed by atoms with Crippen LogP contribution < -0.4 is 5.32 Å². The highest BCUT2D eigenvalue weighted by molar-refractivity contribution is 5.82. The van der Waals surface area contributed by atoms with Crippen LogP contribution in [0.4, 0.5) is 0 Å². The summed E-state index contributed by atoms with van der Waals surface area (Å²) in [6.45, 7) is 7.80. The van der Waals surface area contributed by atoms with Crippen LogP contribution in [0.3, 0.4) is 0 Å². The predicted molar refractivity (Wildman–Crippen MR) is 63.1 cm³/mol. The molecule has 1 amide bonds. The summed E-state index contributed by atoms with van der Waals surface area (Å²) in [4.78, 5) is 24.6. The van der Waals surface area contributed by atoms with Crippen molar-refractivity contribution < 1.29 is 9.59 Å². The standard InChI is InChI=1S/C12H22N2O2/c1-9(2)12(16)8-14-6-4-11(5-7-14)13-10(3)15/h9,11H,4-8H2,1-3H3,(H,13,15). The van der Waals surface area contributed by atoms with Gasteiger partial charge in [-0.25, -0.2) is 0 Å². The first-order valence-electron chi connectivity index (χ1n) is 6.01. The molecule has 0 aromatic carbocycles. The molecule has 0 aliphatic carbocycles. The second-order valence-corrected chi connectivity index (χ2v) is 4.87. The van der Waals surface area contributed by atoms with Gasteiger partial charge in [0.1, 0.15) is 5.78 Å². The second-order valence-electron chi connectivity index (χ2n) is 4.87. The predicted octanol–water partition coefficient (Wildman–Crippen LogP) is 0.812. The Kier molecular flexibility index (Phi) is 4.93. The number of nitrogens with one attached hydrogen (secondary N) is 1. The highest BCUT2D eigenvalue weighted by atomic mass is 16.1. The molecule has 1 aliphatic rings. The summed E-state index contributed by atoms with van der Waals surface area (Å²) in [7, 11) is 0. The first kappa shape index (κ1) is 13.2. The number of rotatable bonds is 4. The molecule has 1 N–H and O–H groups in total. The van der Waals surface area contributed by atoms with Crippen molar-refractivity contribution in [2.24, 2.45) is 5.92 Å². The number of likely N-dealkylation sites (tertiary alicyclic amines) is 1. The molecule has 16 heavy (non-hydrogen) atoms. The maximum atomic E-state index is 11.6. The summed E-state index contributed by atoms with van der Waals surface area (Å²) >= 11 is 0. The van der Waals surface area contributed by atoms with Gasteiger partial charge >= 0.3 is 0 Å². The number of nitrogens with zero attached hydrogens (tertiary/aromatic N) is 1. The lowest BCUT2D eigenvalue weighted by Gasteiger charge is -2.31. The van der Waals surface area contributed by atoms with Crippen molar-refractivity contribution in [2.45, 2.75) is 39.7 Å². The maximum absolute atomic E-state index is 11.6. The molecule has 0 atom stereocenters. The van der Waals surface area contributed by atoms with E-state index in [1.165, 1.54) is 0 Å². The van der Waals surface area contributed by atoms with Gasteiger partial charge in [0, 0.05) is 32.0 Å². The molecule has 0 aromatic heterocycles. The van der Waals surface area contributed by atoms with Gasteiger partial charge in [0.15, 0.2) is 0 Å². The van der Waals surface area contributed by atoms with Crippen molar-refractivity contribution in [3.63, 3.8) is 0 Å². The van der Waals surface area contributed by atoms with Crippen molar-refractivity contribution in [2.75, 3.05) is 19.6 Å². The summed E-state index contributed by atoms with van der Waals surface area (Å²) in [6.07, 6.45) is 1.90. The summed E-state index contributed by atoms with van der Waals surface area (Å²) in [5.41, 5.74) is 0. The van der Waals surface area contributed by atoms with E-state index in [4.69, 9.17) is 0 Å². The Morgan fingerprint density at radius 2 is 1.88 bits per heavy atom. The smallest absolute Gasteiger partial charge is 0.217 e. The van der Waals surface area contributed by atoms with E-state index in [9.17, 15) is 9.59 Å². The largest absolute Gasteiger partial charge is 0.354 e. The topological polar surface area (TPSA) is 49.4 Å². The molecule has 1 saturated heterocycles. The van der Waals surface area contributed by atoms with E-state index in [0.29, 0.717) is 18.4 Å². The zero-order valence-corrected chi connectivity index (χ0v) is 10.5. The van der Waals surface area contributed by atoms with Crippen LogP contribution >= 0.6 is 0 Å². The Hall–Kier alpha value is -0.900. The SMILES string of the molecule is CC(=O)NC1CCN(CC(=O)C(C)C)CC1. The summed E-state index contributed by atoms with van der Waals surface area (Å²) in [5.74, 6) is 0.461. The normalized spacial score (nSPS) is 18.8. The lowest BCUT2D eigenvalue weighted by atomic mass is 10.0. The van der Waals surface area contributed by atoms with Crippen molar-refractivity contribution in [1.82, 2.24) is 10.2 Å². The van der Waals surface area contributed by atoms with E-state index in [2.05, 4.69) is 10.2 Å². The van der Waals surface area contributed by atoms with Gasteiger partial charge in [-0.3, -0.25) is 14.5 Å². The molecule has 1 heterocycles. The third-order valence-corrected chi connectivity index (χ3v) is 3.02. The molecule has 0 saturated carbocycles. The molecule has 92 valence electrons. The number of carbonyl (C=O) groups excluding carboxylic acids is 2. The molecule has 4 heteroatoms. The highest BCUT2D eigenvalue weighted by Crippen LogP contribution is 2.11. The third kappa shape index (κ3) is 4.31. The molecule has 4 nitrogen and oxygen atoms in total. The molecule has 1 rings (SSSR count). The van der Waals surface area contributed by atoms with Crippen LogP contribution in [-0.4, -0.2) is 42.3 Å². The number of carbonyl (C=O) groups is 2. The molecular formula is C12H22N2O2. The molecular weight excluding hydrogens is 204 g/mol. The third-order valence-electron chi connectivity index (χ3n) is 3.02. The minimum absolute atomic E-state index is 0.0386. The van der Waals surface area contributed by atoms with Gasteiger partial charge < -0.3 is 5.32 Å². The van der Waals surface area contributed by atoms with Crippen LogP contribution in [-0.2, 0) is 9.59 Å².